The number of sulfonamides is 1. The van der Waals surface area contributed by atoms with Crippen LogP contribution < -0.4 is 10.1 Å². The van der Waals surface area contributed by atoms with Crippen LogP contribution >= 0.6 is 11.3 Å². The molecule has 2 heterocycles. The van der Waals surface area contributed by atoms with Crippen LogP contribution in [0.3, 0.4) is 0 Å². The fourth-order valence-corrected chi connectivity index (χ4v) is 6.01. The lowest BCUT2D eigenvalue weighted by molar-refractivity contribution is -0.119. The summed E-state index contributed by atoms with van der Waals surface area (Å²) in [5.74, 6) is 0.264. The Morgan fingerprint density at radius 3 is 2.72 bits per heavy atom. The molecule has 0 radical (unpaired) electrons. The topological polar surface area (TPSA) is 88.6 Å². The van der Waals surface area contributed by atoms with Crippen LogP contribution in [0, 0.1) is 6.92 Å². The van der Waals surface area contributed by atoms with Gasteiger partial charge in [0, 0.05) is 6.54 Å². The van der Waals surface area contributed by atoms with Crippen molar-refractivity contribution in [1.82, 2.24) is 9.29 Å². The molecular formula is C20H21N3O4S2. The standard InChI is InChI=1S/C20H21N3O4S2/c1-13-8-10-14(11-9-13)29(25,26)23-12-4-5-15(23)19(24)22-20-21-18-16(27-2)6-3-7-17(18)28-20/h3,6-11,15H,4-5,12H2,1-2H3,(H,21,22,24)/t15-/m0/s1. The largest absolute Gasteiger partial charge is 0.494 e. The number of aromatic nitrogens is 1. The van der Waals surface area contributed by atoms with Gasteiger partial charge in [0.25, 0.3) is 0 Å². The number of carbonyl (C=O) groups excluding carboxylic acids is 1. The average molecular weight is 432 g/mol. The van der Waals surface area contributed by atoms with E-state index in [9.17, 15) is 13.2 Å². The summed E-state index contributed by atoms with van der Waals surface area (Å²) < 4.78 is 33.6. The van der Waals surface area contributed by atoms with E-state index >= 15 is 0 Å². The number of ether oxygens (including phenoxy) is 1. The van der Waals surface area contributed by atoms with Crippen molar-refractivity contribution >= 4 is 42.6 Å². The third kappa shape index (κ3) is 3.73. The van der Waals surface area contributed by atoms with Gasteiger partial charge in [-0.1, -0.05) is 35.1 Å². The number of para-hydroxylation sites is 1. The van der Waals surface area contributed by atoms with Crippen molar-refractivity contribution in [2.45, 2.75) is 30.7 Å². The lowest BCUT2D eigenvalue weighted by Gasteiger charge is -2.23. The summed E-state index contributed by atoms with van der Waals surface area (Å²) in [5, 5.41) is 3.22. The molecule has 0 bridgehead atoms. The number of anilines is 1. The van der Waals surface area contributed by atoms with Gasteiger partial charge in [-0.2, -0.15) is 4.31 Å². The minimum Gasteiger partial charge on any atom is -0.494 e. The predicted octanol–water partition coefficient (Wildman–Crippen LogP) is 3.41. The molecule has 152 valence electrons. The van der Waals surface area contributed by atoms with E-state index in [2.05, 4.69) is 10.3 Å². The fourth-order valence-electron chi connectivity index (χ4n) is 3.47. The van der Waals surface area contributed by atoms with Gasteiger partial charge in [0.1, 0.15) is 17.3 Å². The average Bonchev–Trinajstić information content (AvgIpc) is 3.35. The molecule has 0 unspecified atom stereocenters. The molecule has 2 aromatic carbocycles. The zero-order valence-corrected chi connectivity index (χ0v) is 17.7. The summed E-state index contributed by atoms with van der Waals surface area (Å²) in [5.41, 5.74) is 1.65. The van der Waals surface area contributed by atoms with E-state index in [1.165, 1.54) is 15.6 Å². The predicted molar refractivity (Wildman–Crippen MR) is 113 cm³/mol. The van der Waals surface area contributed by atoms with Gasteiger partial charge in [0.15, 0.2) is 5.13 Å². The Labute approximate surface area is 173 Å². The van der Waals surface area contributed by atoms with Gasteiger partial charge < -0.3 is 10.1 Å². The highest BCUT2D eigenvalue weighted by molar-refractivity contribution is 7.89. The van der Waals surface area contributed by atoms with Gasteiger partial charge in [-0.3, -0.25) is 4.79 Å². The van der Waals surface area contributed by atoms with Crippen molar-refractivity contribution in [3.05, 3.63) is 48.0 Å². The number of fused-ring (bicyclic) bond motifs is 1. The Bertz CT molecular complexity index is 1160. The van der Waals surface area contributed by atoms with E-state index in [4.69, 9.17) is 4.74 Å². The number of benzene rings is 2. The van der Waals surface area contributed by atoms with Crippen LogP contribution in [0.4, 0.5) is 5.13 Å². The van der Waals surface area contributed by atoms with Crippen molar-refractivity contribution in [2.75, 3.05) is 19.0 Å². The third-order valence-electron chi connectivity index (χ3n) is 4.97. The minimum absolute atomic E-state index is 0.201. The molecule has 1 aromatic heterocycles. The fraction of sp³-hybridized carbons (Fsp3) is 0.300. The van der Waals surface area contributed by atoms with Crippen LogP contribution in [-0.4, -0.2) is 43.3 Å². The molecule has 1 aliphatic rings. The van der Waals surface area contributed by atoms with Crippen LogP contribution in [0.5, 0.6) is 5.75 Å². The second kappa shape index (κ2) is 7.74. The Morgan fingerprint density at radius 2 is 2.00 bits per heavy atom. The SMILES string of the molecule is COc1cccc2sc(NC(=O)[C@@H]3CCCN3S(=O)(=O)c3ccc(C)cc3)nc12. The van der Waals surface area contributed by atoms with Gasteiger partial charge in [0.2, 0.25) is 15.9 Å². The smallest absolute Gasteiger partial charge is 0.244 e. The van der Waals surface area contributed by atoms with Crippen molar-refractivity contribution in [1.29, 1.82) is 0 Å². The van der Waals surface area contributed by atoms with E-state index in [0.717, 1.165) is 10.3 Å². The maximum atomic E-state index is 13.1. The number of nitrogens with zero attached hydrogens (tertiary/aromatic N) is 2. The van der Waals surface area contributed by atoms with Crippen molar-refractivity contribution in [2.24, 2.45) is 0 Å². The number of thiazole rings is 1. The van der Waals surface area contributed by atoms with Crippen molar-refractivity contribution in [3.63, 3.8) is 0 Å². The second-order valence-electron chi connectivity index (χ2n) is 6.90. The molecule has 3 aromatic rings. The highest BCUT2D eigenvalue weighted by atomic mass is 32.2. The van der Waals surface area contributed by atoms with Gasteiger partial charge in [-0.05, 0) is 44.0 Å². The van der Waals surface area contributed by atoms with Gasteiger partial charge >= 0.3 is 0 Å². The number of amides is 1. The Morgan fingerprint density at radius 1 is 1.24 bits per heavy atom. The van der Waals surface area contributed by atoms with E-state index < -0.39 is 16.1 Å². The minimum atomic E-state index is -3.74. The van der Waals surface area contributed by atoms with E-state index in [1.807, 2.05) is 19.1 Å². The van der Waals surface area contributed by atoms with Gasteiger partial charge in [-0.15, -0.1) is 0 Å². The Hall–Kier alpha value is -2.49. The van der Waals surface area contributed by atoms with Crippen molar-refractivity contribution < 1.29 is 17.9 Å². The molecule has 29 heavy (non-hydrogen) atoms. The highest BCUT2D eigenvalue weighted by Gasteiger charge is 2.39. The number of carbonyl (C=O) groups is 1. The summed E-state index contributed by atoms with van der Waals surface area (Å²) in [6, 6.07) is 11.5. The lowest BCUT2D eigenvalue weighted by atomic mass is 10.2. The highest BCUT2D eigenvalue weighted by Crippen LogP contribution is 2.33. The number of rotatable bonds is 5. The normalized spacial score (nSPS) is 17.5. The summed E-state index contributed by atoms with van der Waals surface area (Å²) in [6.45, 7) is 2.22. The molecule has 1 aliphatic heterocycles. The Kier molecular flexibility index (Phi) is 5.28. The Balaban J connectivity index is 1.57. The molecule has 1 amide bonds. The second-order valence-corrected chi connectivity index (χ2v) is 9.82. The number of methoxy groups -OCH3 is 1. The van der Waals surface area contributed by atoms with E-state index in [-0.39, 0.29) is 10.8 Å². The maximum absolute atomic E-state index is 13.1. The van der Waals surface area contributed by atoms with E-state index in [1.54, 1.807) is 37.4 Å². The monoisotopic (exact) mass is 431 g/mol. The maximum Gasteiger partial charge on any atom is 0.244 e. The van der Waals surface area contributed by atoms with Crippen molar-refractivity contribution in [3.8, 4) is 5.75 Å². The number of nitrogens with one attached hydrogen (secondary N) is 1. The molecule has 0 aliphatic carbocycles. The van der Waals surface area contributed by atoms with Crippen LogP contribution in [0.2, 0.25) is 0 Å². The zero-order valence-electron chi connectivity index (χ0n) is 16.1. The molecule has 1 N–H and O–H groups in total. The van der Waals surface area contributed by atoms with Crippen LogP contribution in [0.1, 0.15) is 18.4 Å². The lowest BCUT2D eigenvalue weighted by Crippen LogP contribution is -2.43. The first kappa shape index (κ1) is 19.8. The van der Waals surface area contributed by atoms with Gasteiger partial charge in [0.05, 0.1) is 16.7 Å². The molecule has 1 atom stereocenters. The van der Waals surface area contributed by atoms with E-state index in [0.29, 0.717) is 35.8 Å². The molecular weight excluding hydrogens is 410 g/mol. The quantitative estimate of drug-likeness (QED) is 0.669. The summed E-state index contributed by atoms with van der Waals surface area (Å²) in [4.78, 5) is 17.6. The zero-order chi connectivity index (χ0) is 20.6. The summed E-state index contributed by atoms with van der Waals surface area (Å²) >= 11 is 1.33. The molecule has 0 spiro atoms. The number of aryl methyl sites for hydroxylation is 1. The molecule has 7 nitrogen and oxygen atoms in total. The first-order valence-corrected chi connectivity index (χ1v) is 11.5. The van der Waals surface area contributed by atoms with Crippen LogP contribution in [0.15, 0.2) is 47.4 Å². The number of hydrogen-bond donors (Lipinski definition) is 1. The molecule has 0 saturated carbocycles. The van der Waals surface area contributed by atoms with Crippen LogP contribution in [-0.2, 0) is 14.8 Å². The molecule has 1 saturated heterocycles. The first-order valence-electron chi connectivity index (χ1n) is 9.23. The number of hydrogen-bond acceptors (Lipinski definition) is 6. The van der Waals surface area contributed by atoms with Gasteiger partial charge in [-0.25, -0.2) is 13.4 Å². The molecule has 1 fully saturated rings. The molecule has 4 rings (SSSR count). The molecule has 9 heteroatoms. The summed E-state index contributed by atoms with van der Waals surface area (Å²) in [6.07, 6.45) is 1.11. The third-order valence-corrected chi connectivity index (χ3v) is 7.82. The first-order chi connectivity index (χ1) is 13.9. The summed E-state index contributed by atoms with van der Waals surface area (Å²) in [7, 11) is -2.17. The van der Waals surface area contributed by atoms with Crippen LogP contribution in [0.25, 0.3) is 10.2 Å².